The van der Waals surface area contributed by atoms with Crippen LogP contribution in [0, 0.1) is 5.82 Å². The highest BCUT2D eigenvalue weighted by molar-refractivity contribution is 5.98. The average molecular weight is 316 g/mol. The van der Waals surface area contributed by atoms with Crippen LogP contribution in [0.3, 0.4) is 0 Å². The van der Waals surface area contributed by atoms with Gasteiger partial charge in [-0.2, -0.15) is 0 Å². The second-order valence-corrected chi connectivity index (χ2v) is 5.10. The highest BCUT2D eigenvalue weighted by Crippen LogP contribution is 2.21. The van der Waals surface area contributed by atoms with Gasteiger partial charge in [0.15, 0.2) is 0 Å². The van der Waals surface area contributed by atoms with E-state index in [1.165, 1.54) is 12.3 Å². The molecule has 0 aliphatic heterocycles. The number of halogens is 1. The molecule has 2 aromatic rings. The summed E-state index contributed by atoms with van der Waals surface area (Å²) in [7, 11) is 0. The van der Waals surface area contributed by atoms with Gasteiger partial charge in [0.2, 0.25) is 0 Å². The summed E-state index contributed by atoms with van der Waals surface area (Å²) in [4.78, 5) is 17.2. The van der Waals surface area contributed by atoms with Gasteiger partial charge in [0, 0.05) is 32.0 Å². The van der Waals surface area contributed by atoms with E-state index >= 15 is 0 Å². The SMILES string of the molecule is CCN(CC)c1ccc(CNc2ccncc2C(N)=O)cc1F. The first-order valence-corrected chi connectivity index (χ1v) is 7.57. The fourth-order valence-electron chi connectivity index (χ4n) is 2.42. The quantitative estimate of drug-likeness (QED) is 0.824. The molecule has 1 aromatic carbocycles. The summed E-state index contributed by atoms with van der Waals surface area (Å²) in [5.41, 5.74) is 7.58. The van der Waals surface area contributed by atoms with E-state index in [1.54, 1.807) is 18.3 Å². The maximum absolute atomic E-state index is 14.3. The number of carbonyl (C=O) groups is 1. The summed E-state index contributed by atoms with van der Waals surface area (Å²) in [6, 6.07) is 6.82. The van der Waals surface area contributed by atoms with Crippen molar-refractivity contribution in [1.82, 2.24) is 4.98 Å². The molecule has 2 rings (SSSR count). The molecule has 6 heteroatoms. The van der Waals surface area contributed by atoms with Crippen LogP contribution in [0.2, 0.25) is 0 Å². The molecule has 0 unspecified atom stereocenters. The molecular weight excluding hydrogens is 295 g/mol. The fourth-order valence-corrected chi connectivity index (χ4v) is 2.42. The zero-order valence-electron chi connectivity index (χ0n) is 13.3. The van der Waals surface area contributed by atoms with E-state index in [4.69, 9.17) is 5.73 Å². The molecule has 1 heterocycles. The molecule has 0 aliphatic carbocycles. The summed E-state index contributed by atoms with van der Waals surface area (Å²) in [5, 5.41) is 3.09. The average Bonchev–Trinajstić information content (AvgIpc) is 2.56. The van der Waals surface area contributed by atoms with E-state index < -0.39 is 5.91 Å². The minimum Gasteiger partial charge on any atom is -0.380 e. The van der Waals surface area contributed by atoms with Gasteiger partial charge in [0.05, 0.1) is 16.9 Å². The van der Waals surface area contributed by atoms with Gasteiger partial charge in [-0.25, -0.2) is 4.39 Å². The van der Waals surface area contributed by atoms with Crippen LogP contribution in [0.5, 0.6) is 0 Å². The van der Waals surface area contributed by atoms with Crippen molar-refractivity contribution in [2.45, 2.75) is 20.4 Å². The monoisotopic (exact) mass is 316 g/mol. The number of hydrogen-bond acceptors (Lipinski definition) is 4. The Morgan fingerprint density at radius 2 is 2.04 bits per heavy atom. The lowest BCUT2D eigenvalue weighted by molar-refractivity contribution is 0.100. The van der Waals surface area contributed by atoms with Crippen molar-refractivity contribution < 1.29 is 9.18 Å². The summed E-state index contributed by atoms with van der Waals surface area (Å²) < 4.78 is 14.3. The summed E-state index contributed by atoms with van der Waals surface area (Å²) >= 11 is 0. The Hall–Kier alpha value is -2.63. The lowest BCUT2D eigenvalue weighted by Crippen LogP contribution is -2.23. The molecule has 0 atom stereocenters. The molecule has 5 nitrogen and oxygen atoms in total. The maximum atomic E-state index is 14.3. The third-order valence-electron chi connectivity index (χ3n) is 3.69. The van der Waals surface area contributed by atoms with Gasteiger partial charge in [-0.1, -0.05) is 6.07 Å². The van der Waals surface area contributed by atoms with Crippen molar-refractivity contribution in [2.75, 3.05) is 23.3 Å². The van der Waals surface area contributed by atoms with Crippen LogP contribution >= 0.6 is 0 Å². The first-order chi connectivity index (χ1) is 11.1. The van der Waals surface area contributed by atoms with Crippen molar-refractivity contribution in [3.63, 3.8) is 0 Å². The Morgan fingerprint density at radius 3 is 2.65 bits per heavy atom. The van der Waals surface area contributed by atoms with Gasteiger partial charge < -0.3 is 16.0 Å². The molecule has 0 saturated heterocycles. The van der Waals surface area contributed by atoms with Gasteiger partial charge >= 0.3 is 0 Å². The Labute approximate surface area is 135 Å². The number of anilines is 2. The van der Waals surface area contributed by atoms with Crippen LogP contribution in [-0.4, -0.2) is 24.0 Å². The van der Waals surface area contributed by atoms with Gasteiger partial charge in [-0.15, -0.1) is 0 Å². The number of pyridine rings is 1. The van der Waals surface area contributed by atoms with Crippen LogP contribution in [0.15, 0.2) is 36.7 Å². The largest absolute Gasteiger partial charge is 0.380 e. The molecule has 1 amide bonds. The molecule has 23 heavy (non-hydrogen) atoms. The molecule has 3 N–H and O–H groups in total. The van der Waals surface area contributed by atoms with Crippen LogP contribution in [0.4, 0.5) is 15.8 Å². The maximum Gasteiger partial charge on any atom is 0.252 e. The fraction of sp³-hybridized carbons (Fsp3) is 0.294. The normalized spacial score (nSPS) is 10.4. The zero-order valence-corrected chi connectivity index (χ0v) is 13.3. The highest BCUT2D eigenvalue weighted by Gasteiger charge is 2.10. The first-order valence-electron chi connectivity index (χ1n) is 7.57. The smallest absolute Gasteiger partial charge is 0.252 e. The van der Waals surface area contributed by atoms with Gasteiger partial charge in [-0.3, -0.25) is 9.78 Å². The number of nitrogens with one attached hydrogen (secondary N) is 1. The van der Waals surface area contributed by atoms with E-state index in [-0.39, 0.29) is 5.82 Å². The predicted octanol–water partition coefficient (Wildman–Crippen LogP) is 2.78. The van der Waals surface area contributed by atoms with E-state index in [9.17, 15) is 9.18 Å². The number of nitrogens with two attached hydrogens (primary N) is 1. The van der Waals surface area contributed by atoms with E-state index in [1.807, 2.05) is 24.8 Å². The van der Waals surface area contributed by atoms with Crippen LogP contribution < -0.4 is 16.0 Å². The van der Waals surface area contributed by atoms with Crippen molar-refractivity contribution in [3.8, 4) is 0 Å². The highest BCUT2D eigenvalue weighted by atomic mass is 19.1. The van der Waals surface area contributed by atoms with Crippen molar-refractivity contribution in [3.05, 3.63) is 53.6 Å². The molecular formula is C17H21FN4O. The standard InChI is InChI=1S/C17H21FN4O/c1-3-22(4-2)16-6-5-12(9-14(16)18)10-21-15-7-8-20-11-13(15)17(19)23/h5-9,11H,3-4,10H2,1-2H3,(H2,19,23)(H,20,21). The summed E-state index contributed by atoms with van der Waals surface area (Å²) in [6.45, 7) is 5.88. The minimum atomic E-state index is -0.552. The van der Waals surface area contributed by atoms with Gasteiger partial charge in [-0.05, 0) is 37.6 Å². The number of carbonyl (C=O) groups excluding carboxylic acids is 1. The predicted molar refractivity (Wildman–Crippen MR) is 90.0 cm³/mol. The Kier molecular flexibility index (Phi) is 5.51. The third-order valence-corrected chi connectivity index (χ3v) is 3.69. The Morgan fingerprint density at radius 1 is 1.30 bits per heavy atom. The van der Waals surface area contributed by atoms with Crippen molar-refractivity contribution >= 4 is 17.3 Å². The third kappa shape index (κ3) is 3.97. The first kappa shape index (κ1) is 16.7. The van der Waals surface area contributed by atoms with Crippen molar-refractivity contribution in [2.24, 2.45) is 5.73 Å². The zero-order chi connectivity index (χ0) is 16.8. The minimum absolute atomic E-state index is 0.252. The molecule has 0 saturated carbocycles. The number of aromatic nitrogens is 1. The molecule has 0 bridgehead atoms. The molecule has 0 aliphatic rings. The summed E-state index contributed by atoms with van der Waals surface area (Å²) in [6.07, 6.45) is 2.98. The van der Waals surface area contributed by atoms with E-state index in [0.717, 1.165) is 18.7 Å². The second kappa shape index (κ2) is 7.58. The second-order valence-electron chi connectivity index (χ2n) is 5.10. The molecule has 0 spiro atoms. The Bertz CT molecular complexity index is 686. The van der Waals surface area contributed by atoms with Crippen LogP contribution in [0.1, 0.15) is 29.8 Å². The number of rotatable bonds is 7. The van der Waals surface area contributed by atoms with Crippen LogP contribution in [-0.2, 0) is 6.54 Å². The number of amides is 1. The lowest BCUT2D eigenvalue weighted by Gasteiger charge is -2.22. The number of benzene rings is 1. The van der Waals surface area contributed by atoms with Gasteiger partial charge in [0.1, 0.15) is 5.82 Å². The summed E-state index contributed by atoms with van der Waals surface area (Å²) in [5.74, 6) is -0.804. The molecule has 122 valence electrons. The van der Waals surface area contributed by atoms with Crippen LogP contribution in [0.25, 0.3) is 0 Å². The number of primary amides is 1. The Balaban J connectivity index is 2.13. The topological polar surface area (TPSA) is 71.2 Å². The molecule has 1 aromatic heterocycles. The molecule has 0 fully saturated rings. The van der Waals surface area contributed by atoms with E-state index in [0.29, 0.717) is 23.5 Å². The number of hydrogen-bond donors (Lipinski definition) is 2. The van der Waals surface area contributed by atoms with Crippen molar-refractivity contribution in [1.29, 1.82) is 0 Å². The lowest BCUT2D eigenvalue weighted by atomic mass is 10.1. The van der Waals surface area contributed by atoms with E-state index in [2.05, 4.69) is 10.3 Å². The molecule has 0 radical (unpaired) electrons. The number of nitrogens with zero attached hydrogens (tertiary/aromatic N) is 2. The van der Waals surface area contributed by atoms with Gasteiger partial charge in [0.25, 0.3) is 5.91 Å².